The summed E-state index contributed by atoms with van der Waals surface area (Å²) >= 11 is 0. The molecule has 0 unspecified atom stereocenters. The highest BCUT2D eigenvalue weighted by Gasteiger charge is 2.24. The van der Waals surface area contributed by atoms with Crippen molar-refractivity contribution in [1.29, 1.82) is 0 Å². The van der Waals surface area contributed by atoms with Gasteiger partial charge in [-0.3, -0.25) is 4.79 Å². The number of amides is 1. The zero-order valence-corrected chi connectivity index (χ0v) is 12.6. The van der Waals surface area contributed by atoms with Crippen molar-refractivity contribution in [3.63, 3.8) is 0 Å². The molecule has 0 aliphatic heterocycles. The van der Waals surface area contributed by atoms with E-state index in [0.717, 1.165) is 45.3 Å². The fourth-order valence-corrected chi connectivity index (χ4v) is 3.29. The number of carbonyl (C=O) groups is 1. The van der Waals surface area contributed by atoms with Gasteiger partial charge in [-0.05, 0) is 44.9 Å². The summed E-state index contributed by atoms with van der Waals surface area (Å²) in [5.74, 6) is 0.406. The highest BCUT2D eigenvalue weighted by molar-refractivity contribution is 5.78. The Kier molecular flexibility index (Phi) is 6.80. The van der Waals surface area contributed by atoms with Crippen LogP contribution in [-0.4, -0.2) is 31.2 Å². The minimum Gasteiger partial charge on any atom is -0.378 e. The van der Waals surface area contributed by atoms with E-state index in [-0.39, 0.29) is 11.8 Å². The maximum absolute atomic E-state index is 12.0. The predicted molar refractivity (Wildman–Crippen MR) is 80.4 cm³/mol. The van der Waals surface area contributed by atoms with Gasteiger partial charge in [0.25, 0.3) is 0 Å². The Bertz CT molecular complexity index is 282. The van der Waals surface area contributed by atoms with Crippen LogP contribution in [0, 0.1) is 5.92 Å². The van der Waals surface area contributed by atoms with Gasteiger partial charge in [0.05, 0.1) is 6.10 Å². The van der Waals surface area contributed by atoms with Crippen LogP contribution in [0.15, 0.2) is 0 Å². The lowest BCUT2D eigenvalue weighted by molar-refractivity contribution is -0.126. The first-order chi connectivity index (χ1) is 9.75. The molecule has 2 saturated carbocycles. The van der Waals surface area contributed by atoms with Crippen LogP contribution >= 0.6 is 0 Å². The van der Waals surface area contributed by atoms with E-state index in [1.54, 1.807) is 0 Å². The Labute approximate surface area is 122 Å². The van der Waals surface area contributed by atoms with E-state index in [0.29, 0.717) is 12.1 Å². The second kappa shape index (κ2) is 8.63. The summed E-state index contributed by atoms with van der Waals surface area (Å²) in [6.07, 6.45) is 11.7. The van der Waals surface area contributed by atoms with Crippen LogP contribution in [0.3, 0.4) is 0 Å². The Hall–Kier alpha value is -0.610. The molecular weight excluding hydrogens is 252 g/mol. The molecule has 20 heavy (non-hydrogen) atoms. The maximum atomic E-state index is 12.0. The molecule has 2 rings (SSSR count). The minimum absolute atomic E-state index is 0.189. The highest BCUT2D eigenvalue weighted by Crippen LogP contribution is 2.23. The van der Waals surface area contributed by atoms with Gasteiger partial charge < -0.3 is 15.8 Å². The maximum Gasteiger partial charge on any atom is 0.223 e. The van der Waals surface area contributed by atoms with Crippen molar-refractivity contribution in [2.24, 2.45) is 11.7 Å². The Balaban J connectivity index is 1.49. The molecule has 4 heteroatoms. The lowest BCUT2D eigenvalue weighted by Gasteiger charge is -2.25. The summed E-state index contributed by atoms with van der Waals surface area (Å²) in [5.41, 5.74) is 5.86. The van der Waals surface area contributed by atoms with E-state index in [9.17, 15) is 4.79 Å². The quantitative estimate of drug-likeness (QED) is 0.735. The van der Waals surface area contributed by atoms with Crippen LogP contribution < -0.4 is 11.1 Å². The number of nitrogens with two attached hydrogens (primary N) is 1. The summed E-state index contributed by atoms with van der Waals surface area (Å²) in [4.78, 5) is 12.0. The third-order valence-corrected chi connectivity index (χ3v) is 4.67. The Morgan fingerprint density at radius 1 is 1.05 bits per heavy atom. The molecule has 0 aromatic rings. The fourth-order valence-electron chi connectivity index (χ4n) is 3.29. The molecule has 2 aliphatic rings. The zero-order chi connectivity index (χ0) is 14.2. The number of hydrogen-bond acceptors (Lipinski definition) is 3. The van der Waals surface area contributed by atoms with Crippen molar-refractivity contribution in [2.45, 2.75) is 76.4 Å². The molecule has 3 N–H and O–H groups in total. The van der Waals surface area contributed by atoms with Gasteiger partial charge in [0, 0.05) is 25.1 Å². The first kappa shape index (κ1) is 15.8. The Morgan fingerprint density at radius 2 is 1.75 bits per heavy atom. The zero-order valence-electron chi connectivity index (χ0n) is 12.6. The van der Waals surface area contributed by atoms with Crippen LogP contribution in [0.4, 0.5) is 0 Å². The smallest absolute Gasteiger partial charge is 0.223 e. The van der Waals surface area contributed by atoms with Crippen molar-refractivity contribution in [1.82, 2.24) is 5.32 Å². The van der Waals surface area contributed by atoms with Crippen molar-refractivity contribution < 1.29 is 9.53 Å². The van der Waals surface area contributed by atoms with Gasteiger partial charge in [-0.25, -0.2) is 0 Å². The first-order valence-corrected chi connectivity index (χ1v) is 8.40. The van der Waals surface area contributed by atoms with E-state index in [1.165, 1.54) is 32.1 Å². The van der Waals surface area contributed by atoms with E-state index >= 15 is 0 Å². The molecule has 116 valence electrons. The average Bonchev–Trinajstić information content (AvgIpc) is 2.48. The summed E-state index contributed by atoms with van der Waals surface area (Å²) in [6.45, 7) is 1.52. The van der Waals surface area contributed by atoms with Gasteiger partial charge >= 0.3 is 0 Å². The molecule has 0 saturated heterocycles. The molecule has 0 aromatic heterocycles. The standard InChI is InChI=1S/C16H30N2O2/c17-14-9-7-13(8-10-14)16(19)18-11-4-12-20-15-5-2-1-3-6-15/h13-15H,1-12,17H2,(H,18,19). The molecule has 1 amide bonds. The van der Waals surface area contributed by atoms with Crippen LogP contribution in [-0.2, 0) is 9.53 Å². The van der Waals surface area contributed by atoms with Crippen molar-refractivity contribution >= 4 is 5.91 Å². The summed E-state index contributed by atoms with van der Waals surface area (Å²) in [5, 5.41) is 3.05. The van der Waals surface area contributed by atoms with Crippen molar-refractivity contribution in [3.05, 3.63) is 0 Å². The normalized spacial score (nSPS) is 28.2. The average molecular weight is 282 g/mol. The molecule has 4 nitrogen and oxygen atoms in total. The molecule has 0 heterocycles. The van der Waals surface area contributed by atoms with Gasteiger partial charge in [-0.1, -0.05) is 19.3 Å². The number of rotatable bonds is 6. The van der Waals surface area contributed by atoms with Crippen LogP contribution in [0.1, 0.15) is 64.2 Å². The molecule has 0 radical (unpaired) electrons. The summed E-state index contributed by atoms with van der Waals surface area (Å²) in [6, 6.07) is 0.308. The predicted octanol–water partition coefficient (Wildman–Crippen LogP) is 2.36. The van der Waals surface area contributed by atoms with E-state index in [2.05, 4.69) is 5.32 Å². The topological polar surface area (TPSA) is 64.4 Å². The van der Waals surface area contributed by atoms with Gasteiger partial charge in [-0.2, -0.15) is 0 Å². The lowest BCUT2D eigenvalue weighted by Crippen LogP contribution is -2.36. The second-order valence-corrected chi connectivity index (χ2v) is 6.39. The van der Waals surface area contributed by atoms with Crippen molar-refractivity contribution in [3.8, 4) is 0 Å². The molecule has 0 bridgehead atoms. The van der Waals surface area contributed by atoms with Crippen LogP contribution in [0.25, 0.3) is 0 Å². The van der Waals surface area contributed by atoms with E-state index < -0.39 is 0 Å². The number of nitrogens with one attached hydrogen (secondary N) is 1. The fraction of sp³-hybridized carbons (Fsp3) is 0.938. The Morgan fingerprint density at radius 3 is 2.45 bits per heavy atom. The second-order valence-electron chi connectivity index (χ2n) is 6.39. The number of carbonyl (C=O) groups excluding carboxylic acids is 1. The minimum atomic E-state index is 0.189. The van der Waals surface area contributed by atoms with E-state index in [4.69, 9.17) is 10.5 Å². The van der Waals surface area contributed by atoms with Crippen molar-refractivity contribution in [2.75, 3.05) is 13.2 Å². The molecule has 0 atom stereocenters. The van der Waals surface area contributed by atoms with Gasteiger partial charge in [0.2, 0.25) is 5.91 Å². The highest BCUT2D eigenvalue weighted by atomic mass is 16.5. The first-order valence-electron chi connectivity index (χ1n) is 8.40. The monoisotopic (exact) mass is 282 g/mol. The van der Waals surface area contributed by atoms with Crippen LogP contribution in [0.2, 0.25) is 0 Å². The summed E-state index contributed by atoms with van der Waals surface area (Å²) < 4.78 is 5.86. The van der Waals surface area contributed by atoms with Crippen LogP contribution in [0.5, 0.6) is 0 Å². The SMILES string of the molecule is NC1CCC(C(=O)NCCCOC2CCCCC2)CC1. The largest absolute Gasteiger partial charge is 0.378 e. The lowest BCUT2D eigenvalue weighted by atomic mass is 9.86. The molecule has 0 aromatic carbocycles. The molecule has 2 fully saturated rings. The molecule has 0 spiro atoms. The van der Waals surface area contributed by atoms with Gasteiger partial charge in [0.1, 0.15) is 0 Å². The van der Waals surface area contributed by atoms with Gasteiger partial charge in [0.15, 0.2) is 0 Å². The third kappa shape index (κ3) is 5.41. The third-order valence-electron chi connectivity index (χ3n) is 4.67. The van der Waals surface area contributed by atoms with E-state index in [1.807, 2.05) is 0 Å². The molecular formula is C16H30N2O2. The number of hydrogen-bond donors (Lipinski definition) is 2. The number of ether oxygens (including phenoxy) is 1. The molecule has 2 aliphatic carbocycles. The van der Waals surface area contributed by atoms with Gasteiger partial charge in [-0.15, -0.1) is 0 Å². The summed E-state index contributed by atoms with van der Waals surface area (Å²) in [7, 11) is 0.